The molecule has 2 N–H and O–H groups in total. The van der Waals surface area contributed by atoms with E-state index in [4.69, 9.17) is 66.3 Å². The molecule has 81 heavy (non-hydrogen) atoms. The third-order valence-electron chi connectivity index (χ3n) is 13.6. The van der Waals surface area contributed by atoms with Crippen LogP contribution in [0.1, 0.15) is 123 Å². The second-order valence-electron chi connectivity index (χ2n) is 23.1. The van der Waals surface area contributed by atoms with Crippen molar-refractivity contribution in [1.82, 2.24) is 4.90 Å². The summed E-state index contributed by atoms with van der Waals surface area (Å²) in [6.07, 6.45) is -5.81. The van der Waals surface area contributed by atoms with Crippen LogP contribution in [0.25, 0.3) is 0 Å². The van der Waals surface area contributed by atoms with Gasteiger partial charge in [-0.3, -0.25) is 24.1 Å². The van der Waals surface area contributed by atoms with Crippen molar-refractivity contribution in [3.8, 4) is 0 Å². The van der Waals surface area contributed by atoms with E-state index >= 15 is 0 Å². The summed E-state index contributed by atoms with van der Waals surface area (Å²) in [5, 5.41) is 22.1. The number of carbonyl (C=O) groups excluding carboxylic acids is 6. The highest BCUT2D eigenvalue weighted by Crippen LogP contribution is 2.37. The summed E-state index contributed by atoms with van der Waals surface area (Å²) in [7, 11) is 8.17. The Kier molecular flexibility index (Phi) is 30.7. The van der Waals surface area contributed by atoms with Crippen molar-refractivity contribution in [2.75, 3.05) is 61.9 Å². The zero-order valence-electron chi connectivity index (χ0n) is 51.4. The van der Waals surface area contributed by atoms with E-state index in [0.717, 1.165) is 5.57 Å². The first-order valence-electron chi connectivity index (χ1n) is 27.6. The van der Waals surface area contributed by atoms with Crippen LogP contribution in [-0.4, -0.2) is 204 Å². The molecule has 466 valence electrons. The monoisotopic (exact) mass is 1160 g/mol. The average Bonchev–Trinajstić information content (AvgIpc) is 3.35. The van der Waals surface area contributed by atoms with E-state index in [1.165, 1.54) is 27.0 Å². The van der Waals surface area contributed by atoms with Crippen LogP contribution < -0.4 is 0 Å². The molecule has 2 fully saturated rings. The predicted molar refractivity (Wildman–Crippen MR) is 294 cm³/mol. The van der Waals surface area contributed by atoms with E-state index in [2.05, 4.69) is 6.58 Å². The number of nitrogens with zero attached hydrogens (tertiary/aromatic N) is 1. The van der Waals surface area contributed by atoms with Crippen LogP contribution in [-0.2, 0) is 85.5 Å². The molecule has 3 aliphatic rings. The number of rotatable bonds is 18. The third kappa shape index (κ3) is 24.7. The maximum absolute atomic E-state index is 13.8. The Morgan fingerprint density at radius 1 is 0.753 bits per heavy atom. The van der Waals surface area contributed by atoms with Gasteiger partial charge in [0.1, 0.15) is 54.9 Å². The molecule has 3 heterocycles. The number of hydrogen-bond acceptors (Lipinski definition) is 23. The fourth-order valence-electron chi connectivity index (χ4n) is 9.71. The van der Waals surface area contributed by atoms with Gasteiger partial charge in [-0.05, 0) is 113 Å². The second-order valence-corrected chi connectivity index (χ2v) is 23.1. The summed E-state index contributed by atoms with van der Waals surface area (Å²) >= 11 is 0. The van der Waals surface area contributed by atoms with Gasteiger partial charge in [-0.25, -0.2) is 9.59 Å². The summed E-state index contributed by atoms with van der Waals surface area (Å²) in [4.78, 5) is 76.6. The molecule has 0 aromatic heterocycles. The number of allylic oxidation sites excluding steroid dienone is 3. The summed E-state index contributed by atoms with van der Waals surface area (Å²) in [6.45, 7) is 26.9. The molecule has 2 unspecified atom stereocenters. The molecule has 0 aliphatic carbocycles. The van der Waals surface area contributed by atoms with Gasteiger partial charge in [0.05, 0.1) is 43.5 Å². The van der Waals surface area contributed by atoms with Gasteiger partial charge < -0.3 is 76.5 Å². The van der Waals surface area contributed by atoms with Gasteiger partial charge in [0.2, 0.25) is 0 Å². The van der Waals surface area contributed by atoms with E-state index in [9.17, 15) is 39.0 Å². The average molecular weight is 1160 g/mol. The van der Waals surface area contributed by atoms with Gasteiger partial charge in [0.25, 0.3) is 0 Å². The topological polar surface area (TPSA) is 275 Å². The smallest absolute Gasteiger partial charge is 0.462 e. The number of aliphatic hydroxyl groups is 2. The number of hydrogen-bond donors (Lipinski definition) is 2. The number of ketones is 1. The van der Waals surface area contributed by atoms with Crippen molar-refractivity contribution >= 4 is 36.0 Å². The van der Waals surface area contributed by atoms with Crippen molar-refractivity contribution in [2.45, 2.75) is 213 Å². The van der Waals surface area contributed by atoms with E-state index in [1.807, 2.05) is 26.8 Å². The van der Waals surface area contributed by atoms with Crippen LogP contribution in [0.4, 0.5) is 9.59 Å². The third-order valence-corrected chi connectivity index (χ3v) is 13.6. The largest absolute Gasteiger partial charge is 0.509 e. The van der Waals surface area contributed by atoms with Gasteiger partial charge in [0, 0.05) is 59.5 Å². The fourth-order valence-corrected chi connectivity index (χ4v) is 9.71. The fraction of sp³-hybridized carbons (Fsp3) is 0.793. The maximum Gasteiger partial charge on any atom is 0.509 e. The highest BCUT2D eigenvalue weighted by atomic mass is 16.8. The lowest BCUT2D eigenvalue weighted by Gasteiger charge is -2.48. The number of likely N-dealkylation sites (N-methyl/N-ethyl adjacent to an activating group) is 1. The molecule has 0 amide bonds. The molecular weight excluding hydrogens is 1060 g/mol. The van der Waals surface area contributed by atoms with Crippen LogP contribution in [0.3, 0.4) is 0 Å². The molecule has 23 heteroatoms. The summed E-state index contributed by atoms with van der Waals surface area (Å²) < 4.78 is 79.8. The van der Waals surface area contributed by atoms with Crippen molar-refractivity contribution in [3.05, 3.63) is 36.0 Å². The van der Waals surface area contributed by atoms with Crippen molar-refractivity contribution in [2.24, 2.45) is 23.7 Å². The molecule has 0 aromatic carbocycles. The predicted octanol–water partition coefficient (Wildman–Crippen LogP) is 6.60. The Bertz CT molecular complexity index is 2030. The van der Waals surface area contributed by atoms with Crippen molar-refractivity contribution in [3.63, 3.8) is 0 Å². The lowest BCUT2D eigenvalue weighted by atomic mass is 9.79. The number of carbonyl (C=O) groups is 6. The molecule has 0 saturated carbocycles. The minimum Gasteiger partial charge on any atom is -0.462 e. The Labute approximate surface area is 479 Å². The summed E-state index contributed by atoms with van der Waals surface area (Å²) in [5.74, 6) is -4.45. The summed E-state index contributed by atoms with van der Waals surface area (Å²) in [5.41, 5.74) is -0.103. The molecule has 17 atom stereocenters. The first-order chi connectivity index (χ1) is 37.7. The maximum atomic E-state index is 13.8. The van der Waals surface area contributed by atoms with E-state index in [1.54, 1.807) is 102 Å². The van der Waals surface area contributed by atoms with Crippen LogP contribution in [0.2, 0.25) is 0 Å². The van der Waals surface area contributed by atoms with Gasteiger partial charge in [0.15, 0.2) is 24.5 Å². The first-order valence-corrected chi connectivity index (χ1v) is 27.6. The standard InChI is InChI=1S/C44H73NO16.C14H24O6/c1-14-34-31(22-55-43-42(54-13)41(53-12)39(52-11)27(6)56-43)19-23(2)15-16-32(49)24(3)20-30(17-18-46)37(25(4)33(50)21-35(51)60-34)61-44-40(59-29(8)48)36(45(9)10)38(26(5)57-44)58-28(7)47;1-10(8-17-11(15)19-13(2,3)4)9-18-12(16)20-14(5,6)7/h15-16,19,24-27,30-31,33-34,36-44,46,50H,14,17-18,20-22H2,1-13H3;1,8-9H2,2-7H3/b16-15+,23-19+;/t24-,25+,26-,27-,30+,31-,33-,34-,36+,37-,38-,39-,40-,41-,42-,43?,44?;/m1./s1. The lowest BCUT2D eigenvalue weighted by Crippen LogP contribution is -2.65. The zero-order valence-corrected chi connectivity index (χ0v) is 51.4. The SMILES string of the molecule is C=C(COC(=O)OC(C)(C)C)COC(=O)OC(C)(C)C.CC[C@H]1OC(=O)C[C@@H](O)[C@H](C)[C@@H](OC2O[C@H](C)[C@@H](OC(C)=O)[C@H](N(C)C)[C@H]2OC(C)=O)[C@@H](CCO)C[C@@H](C)C(=O)/C=C/C(C)=C/[C@@H]1COC1O[C@H](C)[C@@H](OC)[C@@H](OC)[C@H]1OC. The quantitative estimate of drug-likeness (QED) is 0.0831. The van der Waals surface area contributed by atoms with E-state index < -0.39 is 151 Å². The molecule has 23 nitrogen and oxygen atoms in total. The van der Waals surface area contributed by atoms with Crippen molar-refractivity contribution in [1.29, 1.82) is 0 Å². The molecule has 0 bridgehead atoms. The molecule has 0 aromatic rings. The second kappa shape index (κ2) is 34.3. The number of aliphatic hydroxyl groups excluding tert-OH is 2. The molecule has 3 rings (SSSR count). The molecule has 0 radical (unpaired) electrons. The summed E-state index contributed by atoms with van der Waals surface area (Å²) in [6, 6.07) is -0.707. The van der Waals surface area contributed by atoms with Crippen LogP contribution in [0.5, 0.6) is 0 Å². The number of methoxy groups -OCH3 is 3. The van der Waals surface area contributed by atoms with Crippen molar-refractivity contribution < 1.29 is 105 Å². The Balaban J connectivity index is 0.000000946. The zero-order chi connectivity index (χ0) is 61.7. The Morgan fingerprint density at radius 2 is 1.27 bits per heavy atom. The molecular formula is C58H97NO22. The Morgan fingerprint density at radius 3 is 1.75 bits per heavy atom. The minimum atomic E-state index is -1.33. The Hall–Kier alpha value is -4.56. The van der Waals surface area contributed by atoms with E-state index in [0.29, 0.717) is 12.0 Å². The molecule has 2 saturated heterocycles. The van der Waals surface area contributed by atoms with Gasteiger partial charge in [-0.1, -0.05) is 45.1 Å². The molecule has 3 aliphatic heterocycles. The van der Waals surface area contributed by atoms with Gasteiger partial charge in [-0.15, -0.1) is 0 Å². The van der Waals surface area contributed by atoms with E-state index in [-0.39, 0.29) is 45.1 Å². The van der Waals surface area contributed by atoms with Crippen LogP contribution in [0.15, 0.2) is 36.0 Å². The highest BCUT2D eigenvalue weighted by Gasteiger charge is 2.52. The highest BCUT2D eigenvalue weighted by molar-refractivity contribution is 5.91. The normalized spacial score (nSPS) is 32.8. The van der Waals surface area contributed by atoms with Crippen LogP contribution >= 0.6 is 0 Å². The minimum absolute atomic E-state index is 0.0416. The number of esters is 3. The van der Waals surface area contributed by atoms with Crippen LogP contribution in [0, 0.1) is 23.7 Å². The first kappa shape index (κ1) is 72.5. The van der Waals surface area contributed by atoms with Gasteiger partial charge >= 0.3 is 30.2 Å². The number of cyclic esters (lactones) is 1. The number of ether oxygens (including phenoxy) is 14. The lowest BCUT2D eigenvalue weighted by molar-refractivity contribution is -0.308. The van der Waals surface area contributed by atoms with Gasteiger partial charge in [-0.2, -0.15) is 0 Å². The molecule has 0 spiro atoms.